The molecule has 56 valence electrons. The molecule has 4 N–H and O–H groups in total. The smallest absolute Gasteiger partial charge is 0.214 e. The highest BCUT2D eigenvalue weighted by Crippen LogP contribution is 2.12. The lowest BCUT2D eigenvalue weighted by Gasteiger charge is -1.93. The van der Waals surface area contributed by atoms with Gasteiger partial charge in [0.2, 0.25) is 11.3 Å². The lowest BCUT2D eigenvalue weighted by atomic mass is 10.6. The van der Waals surface area contributed by atoms with Crippen LogP contribution >= 0.6 is 11.7 Å². The van der Waals surface area contributed by atoms with Crippen LogP contribution in [-0.2, 0) is 0 Å². The van der Waals surface area contributed by atoms with Crippen molar-refractivity contribution in [3.8, 4) is 0 Å². The zero-order valence-electron chi connectivity index (χ0n) is 5.35. The van der Waals surface area contributed by atoms with E-state index in [1.807, 2.05) is 0 Å². The Balaban J connectivity index is 2.86. The Labute approximate surface area is 65.6 Å². The van der Waals surface area contributed by atoms with Crippen molar-refractivity contribution in [3.05, 3.63) is 0 Å². The predicted octanol–water partition coefficient (Wildman–Crippen LogP) is -0.354. The van der Waals surface area contributed by atoms with E-state index in [1.54, 1.807) is 0 Å². The van der Waals surface area contributed by atoms with Gasteiger partial charge in [-0.2, -0.15) is 8.75 Å². The number of rotatable bonds is 0. The van der Waals surface area contributed by atoms with E-state index in [9.17, 15) is 0 Å². The van der Waals surface area contributed by atoms with Gasteiger partial charge < -0.3 is 11.5 Å². The van der Waals surface area contributed by atoms with Crippen LogP contribution in [0.3, 0.4) is 0 Å². The molecule has 0 saturated heterocycles. The average molecular weight is 168 g/mol. The summed E-state index contributed by atoms with van der Waals surface area (Å²) in [6.07, 6.45) is 0. The molecule has 0 aliphatic rings. The summed E-state index contributed by atoms with van der Waals surface area (Å²) >= 11 is 1.03. The Bertz CT molecular complexity index is 358. The summed E-state index contributed by atoms with van der Waals surface area (Å²) < 4.78 is 7.68. The molecule has 2 aromatic rings. The van der Waals surface area contributed by atoms with Gasteiger partial charge in [0, 0.05) is 0 Å². The van der Waals surface area contributed by atoms with E-state index in [4.69, 9.17) is 11.5 Å². The molecule has 6 nitrogen and oxygen atoms in total. The number of aromatic nitrogens is 4. The molecule has 0 amide bonds. The summed E-state index contributed by atoms with van der Waals surface area (Å²) in [6.45, 7) is 0. The first kappa shape index (κ1) is 6.23. The molecule has 2 rings (SSSR count). The van der Waals surface area contributed by atoms with Crippen molar-refractivity contribution in [3.63, 3.8) is 0 Å². The van der Waals surface area contributed by atoms with Crippen LogP contribution in [0.15, 0.2) is 0 Å². The fraction of sp³-hybridized carbons (Fsp3) is 0. The molecule has 0 fully saturated rings. The molecular formula is C4H4N6S. The van der Waals surface area contributed by atoms with Crippen molar-refractivity contribution in [2.45, 2.75) is 0 Å². The van der Waals surface area contributed by atoms with Gasteiger partial charge >= 0.3 is 0 Å². The van der Waals surface area contributed by atoms with Crippen LogP contribution < -0.4 is 11.5 Å². The molecule has 11 heavy (non-hydrogen) atoms. The maximum Gasteiger partial charge on any atom is 0.214 e. The van der Waals surface area contributed by atoms with Gasteiger partial charge in [0.15, 0.2) is 11.6 Å². The Morgan fingerprint density at radius 2 is 1.36 bits per heavy atom. The summed E-state index contributed by atoms with van der Waals surface area (Å²) in [6, 6.07) is 0. The average Bonchev–Trinajstić information content (AvgIpc) is 2.36. The van der Waals surface area contributed by atoms with Gasteiger partial charge in [0.05, 0.1) is 11.7 Å². The first-order valence-corrected chi connectivity index (χ1v) is 3.51. The summed E-state index contributed by atoms with van der Waals surface area (Å²) in [5.74, 6) is 0.399. The van der Waals surface area contributed by atoms with Gasteiger partial charge in [0.25, 0.3) is 0 Å². The highest BCUT2D eigenvalue weighted by Gasteiger charge is 2.04. The van der Waals surface area contributed by atoms with Crippen LogP contribution in [0.2, 0.25) is 0 Å². The fourth-order valence-electron chi connectivity index (χ4n) is 0.663. The number of hydrogen-bond donors (Lipinski definition) is 2. The zero-order valence-corrected chi connectivity index (χ0v) is 6.17. The van der Waals surface area contributed by atoms with E-state index in [1.165, 1.54) is 0 Å². The Hall–Kier alpha value is -1.50. The first-order valence-electron chi connectivity index (χ1n) is 2.78. The van der Waals surface area contributed by atoms with E-state index in [-0.39, 0.29) is 11.6 Å². The second-order valence-electron chi connectivity index (χ2n) is 1.91. The largest absolute Gasteiger partial charge is 0.381 e. The van der Waals surface area contributed by atoms with Crippen molar-refractivity contribution in [2.75, 3.05) is 11.5 Å². The second kappa shape index (κ2) is 1.99. The molecule has 0 aromatic carbocycles. The van der Waals surface area contributed by atoms with Gasteiger partial charge in [-0.1, -0.05) is 0 Å². The topological polar surface area (TPSA) is 104 Å². The van der Waals surface area contributed by atoms with Crippen LogP contribution in [-0.4, -0.2) is 18.7 Å². The molecule has 0 spiro atoms. The third kappa shape index (κ3) is 0.855. The number of fused-ring (bicyclic) bond motifs is 1. The third-order valence-corrected chi connectivity index (χ3v) is 1.68. The molecule has 0 saturated carbocycles. The molecule has 0 bridgehead atoms. The van der Waals surface area contributed by atoms with Crippen LogP contribution in [0.4, 0.5) is 11.6 Å². The molecule has 0 aliphatic carbocycles. The van der Waals surface area contributed by atoms with E-state index in [0.29, 0.717) is 11.3 Å². The summed E-state index contributed by atoms with van der Waals surface area (Å²) in [7, 11) is 0. The monoisotopic (exact) mass is 168 g/mol. The van der Waals surface area contributed by atoms with Crippen molar-refractivity contribution in [2.24, 2.45) is 0 Å². The number of nitrogen functional groups attached to an aromatic ring is 2. The van der Waals surface area contributed by atoms with Gasteiger partial charge in [-0.3, -0.25) is 0 Å². The molecule has 0 aliphatic heterocycles. The van der Waals surface area contributed by atoms with Crippen LogP contribution in [0.1, 0.15) is 0 Å². The fourth-order valence-corrected chi connectivity index (χ4v) is 1.10. The normalized spacial score (nSPS) is 10.5. The quantitative estimate of drug-likeness (QED) is 0.557. The standard InChI is InChI=1S/C4H4N6S/c5-1-2(6)8-4-3(7-1)9-11-10-4/h(H2,5,7,9)(H2,6,8,10). The highest BCUT2D eigenvalue weighted by atomic mass is 32.1. The van der Waals surface area contributed by atoms with Crippen LogP contribution in [0, 0.1) is 0 Å². The minimum atomic E-state index is 0.199. The van der Waals surface area contributed by atoms with Crippen LogP contribution in [0.25, 0.3) is 11.3 Å². The predicted molar refractivity (Wildman–Crippen MR) is 41.8 cm³/mol. The van der Waals surface area contributed by atoms with E-state index in [2.05, 4.69) is 18.7 Å². The zero-order chi connectivity index (χ0) is 7.84. The minimum Gasteiger partial charge on any atom is -0.381 e. The number of nitrogens with two attached hydrogens (primary N) is 2. The lowest BCUT2D eigenvalue weighted by molar-refractivity contribution is 1.27. The summed E-state index contributed by atoms with van der Waals surface area (Å²) in [4.78, 5) is 7.72. The Kier molecular flexibility index (Phi) is 1.13. The Morgan fingerprint density at radius 3 is 1.82 bits per heavy atom. The van der Waals surface area contributed by atoms with Gasteiger partial charge in [-0.05, 0) is 0 Å². The maximum absolute atomic E-state index is 5.38. The summed E-state index contributed by atoms with van der Waals surface area (Å²) in [5.41, 5.74) is 11.7. The van der Waals surface area contributed by atoms with Crippen molar-refractivity contribution >= 4 is 34.7 Å². The highest BCUT2D eigenvalue weighted by molar-refractivity contribution is 6.99. The molecule has 7 heteroatoms. The van der Waals surface area contributed by atoms with Gasteiger partial charge in [-0.25, -0.2) is 9.97 Å². The SMILES string of the molecule is Nc1nc2nsnc2nc1N. The summed E-state index contributed by atoms with van der Waals surface area (Å²) in [5, 5.41) is 0. The third-order valence-electron chi connectivity index (χ3n) is 1.17. The maximum atomic E-state index is 5.38. The molecule has 0 atom stereocenters. The molecule has 0 unspecified atom stereocenters. The van der Waals surface area contributed by atoms with Crippen LogP contribution in [0.5, 0.6) is 0 Å². The van der Waals surface area contributed by atoms with E-state index >= 15 is 0 Å². The number of hydrogen-bond acceptors (Lipinski definition) is 7. The molecule has 2 heterocycles. The number of anilines is 2. The van der Waals surface area contributed by atoms with Crippen molar-refractivity contribution in [1.82, 2.24) is 18.7 Å². The lowest BCUT2D eigenvalue weighted by Crippen LogP contribution is -2.00. The molecule has 0 radical (unpaired) electrons. The van der Waals surface area contributed by atoms with E-state index < -0.39 is 0 Å². The molecular weight excluding hydrogens is 164 g/mol. The van der Waals surface area contributed by atoms with Crippen molar-refractivity contribution in [1.29, 1.82) is 0 Å². The molecule has 2 aromatic heterocycles. The van der Waals surface area contributed by atoms with Gasteiger partial charge in [0.1, 0.15) is 0 Å². The number of nitrogens with zero attached hydrogens (tertiary/aromatic N) is 4. The van der Waals surface area contributed by atoms with Gasteiger partial charge in [-0.15, -0.1) is 0 Å². The van der Waals surface area contributed by atoms with Crippen molar-refractivity contribution < 1.29 is 0 Å². The van der Waals surface area contributed by atoms with E-state index in [0.717, 1.165) is 11.7 Å². The first-order chi connectivity index (χ1) is 5.27. The minimum absolute atomic E-state index is 0.199. The Morgan fingerprint density at radius 1 is 0.909 bits per heavy atom. The second-order valence-corrected chi connectivity index (χ2v) is 2.43.